The molecule has 45 heavy (non-hydrogen) atoms. The number of benzene rings is 5. The van der Waals surface area contributed by atoms with E-state index in [-0.39, 0.29) is 4.90 Å². The van der Waals surface area contributed by atoms with Crippen molar-refractivity contribution < 1.29 is 8.42 Å². The number of nitrogens with zero attached hydrogens (tertiary/aromatic N) is 1. The molecular formula is C39H31Cl2NO2S. The smallest absolute Gasteiger partial charge is 0.233 e. The number of rotatable bonds is 7. The maximum absolute atomic E-state index is 14.8. The van der Waals surface area contributed by atoms with Gasteiger partial charge in [-0.15, -0.1) is 0 Å². The molecular weight excluding hydrogens is 617 g/mol. The van der Waals surface area contributed by atoms with E-state index in [9.17, 15) is 8.42 Å². The molecule has 3 nitrogen and oxygen atoms in total. The minimum atomic E-state index is -4.06. The van der Waals surface area contributed by atoms with E-state index >= 15 is 0 Å². The summed E-state index contributed by atoms with van der Waals surface area (Å²) in [6.45, 7) is 5.99. The highest BCUT2D eigenvalue weighted by Gasteiger charge is 2.27. The number of aryl methyl sites for hydroxylation is 3. The van der Waals surface area contributed by atoms with Crippen molar-refractivity contribution in [1.29, 1.82) is 0 Å². The number of hydrogen-bond acceptors (Lipinski definition) is 2. The van der Waals surface area contributed by atoms with Gasteiger partial charge in [-0.05, 0) is 97.1 Å². The topological polar surface area (TPSA) is 39.1 Å². The van der Waals surface area contributed by atoms with Gasteiger partial charge in [0.1, 0.15) is 0 Å². The molecule has 5 aromatic carbocycles. The van der Waals surface area contributed by atoms with E-state index in [1.807, 2.05) is 142 Å². The molecule has 0 aliphatic rings. The summed E-state index contributed by atoms with van der Waals surface area (Å²) in [5, 5.41) is 1.23. The van der Waals surface area contributed by atoms with E-state index in [1.54, 1.807) is 12.1 Å². The number of halogens is 2. The predicted molar refractivity (Wildman–Crippen MR) is 188 cm³/mol. The van der Waals surface area contributed by atoms with Crippen LogP contribution >= 0.6 is 23.2 Å². The molecule has 0 N–H and O–H groups in total. The maximum Gasteiger partial charge on any atom is 0.268 e. The summed E-state index contributed by atoms with van der Waals surface area (Å²) < 4.78 is 31.0. The summed E-state index contributed by atoms with van der Waals surface area (Å²) >= 11 is 12.6. The molecule has 6 aromatic rings. The van der Waals surface area contributed by atoms with Gasteiger partial charge in [-0.1, -0.05) is 125 Å². The Balaban J connectivity index is 1.74. The largest absolute Gasteiger partial charge is 0.268 e. The zero-order valence-electron chi connectivity index (χ0n) is 25.1. The molecule has 0 aliphatic carbocycles. The van der Waals surface area contributed by atoms with Gasteiger partial charge in [0.25, 0.3) is 10.0 Å². The summed E-state index contributed by atoms with van der Waals surface area (Å²) in [6.07, 6.45) is 1.96. The van der Waals surface area contributed by atoms with Crippen LogP contribution in [0.2, 0.25) is 10.0 Å². The normalized spacial score (nSPS) is 11.4. The van der Waals surface area contributed by atoms with Crippen LogP contribution < -0.4 is 0 Å². The molecule has 224 valence electrons. The fourth-order valence-electron chi connectivity index (χ4n) is 5.34. The van der Waals surface area contributed by atoms with E-state index in [0.29, 0.717) is 21.4 Å². The second kappa shape index (κ2) is 12.6. The van der Waals surface area contributed by atoms with Crippen LogP contribution in [0.25, 0.3) is 34.0 Å². The lowest BCUT2D eigenvalue weighted by Gasteiger charge is -2.16. The van der Waals surface area contributed by atoms with Gasteiger partial charge in [-0.2, -0.15) is 0 Å². The standard InChI is InChI=1S/C39H31Cl2NO2S/c1-26-4-10-31(11-5-26)37-25-38(32-12-6-27(2)7-13-32)42(45(43,44)35-22-8-28(3)9-23-35)39(37)24-36(29-14-18-33(40)19-15-29)30-16-20-34(41)21-17-30/h4-25H,1-3H3. The Morgan fingerprint density at radius 1 is 0.578 bits per heavy atom. The Hall–Kier alpha value is -4.35. The van der Waals surface area contributed by atoms with Crippen molar-refractivity contribution in [2.24, 2.45) is 0 Å². The molecule has 6 heteroatoms. The van der Waals surface area contributed by atoms with Gasteiger partial charge in [-0.25, -0.2) is 12.4 Å². The van der Waals surface area contributed by atoms with Gasteiger partial charge in [-0.3, -0.25) is 0 Å². The second-order valence-corrected chi connectivity index (χ2v) is 13.9. The summed E-state index contributed by atoms with van der Waals surface area (Å²) in [4.78, 5) is 0.210. The van der Waals surface area contributed by atoms with Crippen LogP contribution in [0.15, 0.2) is 132 Å². The van der Waals surface area contributed by atoms with Crippen molar-refractivity contribution in [3.63, 3.8) is 0 Å². The summed E-state index contributed by atoms with van der Waals surface area (Å²) in [5.74, 6) is 0. The molecule has 6 rings (SSSR count). The third kappa shape index (κ3) is 6.41. The number of hydrogen-bond donors (Lipinski definition) is 0. The highest BCUT2D eigenvalue weighted by Crippen LogP contribution is 2.39. The lowest BCUT2D eigenvalue weighted by Crippen LogP contribution is -2.16. The highest BCUT2D eigenvalue weighted by molar-refractivity contribution is 7.90. The maximum atomic E-state index is 14.8. The first kappa shape index (κ1) is 30.7. The van der Waals surface area contributed by atoms with Gasteiger partial charge in [0, 0.05) is 15.6 Å². The fourth-order valence-corrected chi connectivity index (χ4v) is 7.11. The van der Waals surface area contributed by atoms with E-state index < -0.39 is 10.0 Å². The van der Waals surface area contributed by atoms with Crippen LogP contribution in [-0.2, 0) is 10.0 Å². The second-order valence-electron chi connectivity index (χ2n) is 11.2. The van der Waals surface area contributed by atoms with E-state index in [0.717, 1.165) is 50.1 Å². The van der Waals surface area contributed by atoms with E-state index in [4.69, 9.17) is 23.2 Å². The molecule has 0 atom stereocenters. The molecule has 0 bridgehead atoms. The van der Waals surface area contributed by atoms with Gasteiger partial charge < -0.3 is 0 Å². The molecule has 0 aliphatic heterocycles. The molecule has 0 amide bonds. The fraction of sp³-hybridized carbons (Fsp3) is 0.0769. The van der Waals surface area contributed by atoms with Crippen molar-refractivity contribution in [3.05, 3.63) is 171 Å². The van der Waals surface area contributed by atoms with Crippen molar-refractivity contribution in [2.75, 3.05) is 0 Å². The lowest BCUT2D eigenvalue weighted by molar-refractivity contribution is 0.588. The SMILES string of the molecule is Cc1ccc(-c2cc(-c3ccc(C)cc3)n(S(=O)(=O)c3ccc(C)cc3)c2C=C(c2ccc(Cl)cc2)c2ccc(Cl)cc2)cc1. The zero-order chi connectivity index (χ0) is 31.7. The summed E-state index contributed by atoms with van der Waals surface area (Å²) in [5.41, 5.74) is 9.38. The Bertz CT molecular complexity index is 2060. The Morgan fingerprint density at radius 3 is 1.47 bits per heavy atom. The van der Waals surface area contributed by atoms with Gasteiger partial charge in [0.15, 0.2) is 0 Å². The minimum absolute atomic E-state index is 0.210. The molecule has 0 unspecified atom stereocenters. The van der Waals surface area contributed by atoms with Gasteiger partial charge in [0.05, 0.1) is 16.3 Å². The molecule has 0 radical (unpaired) electrons. The lowest BCUT2D eigenvalue weighted by atomic mass is 9.95. The first-order valence-electron chi connectivity index (χ1n) is 14.6. The monoisotopic (exact) mass is 647 g/mol. The third-order valence-corrected chi connectivity index (χ3v) is 10.1. The van der Waals surface area contributed by atoms with Gasteiger partial charge in [0.2, 0.25) is 0 Å². The predicted octanol–water partition coefficient (Wildman–Crippen LogP) is 10.9. The van der Waals surface area contributed by atoms with E-state index in [2.05, 4.69) is 0 Å². The van der Waals surface area contributed by atoms with Crippen molar-refractivity contribution >= 4 is 44.9 Å². The van der Waals surface area contributed by atoms with Crippen molar-refractivity contribution in [1.82, 2.24) is 3.97 Å². The molecule has 0 saturated heterocycles. The van der Waals surface area contributed by atoms with Crippen LogP contribution in [0.4, 0.5) is 0 Å². The third-order valence-electron chi connectivity index (χ3n) is 7.86. The number of aromatic nitrogens is 1. The van der Waals surface area contributed by atoms with Crippen molar-refractivity contribution in [2.45, 2.75) is 25.7 Å². The van der Waals surface area contributed by atoms with Crippen LogP contribution in [0, 0.1) is 20.8 Å². The Morgan fingerprint density at radius 2 is 1.00 bits per heavy atom. The molecule has 0 spiro atoms. The zero-order valence-corrected chi connectivity index (χ0v) is 27.5. The molecule has 1 aromatic heterocycles. The van der Waals surface area contributed by atoms with Crippen LogP contribution in [-0.4, -0.2) is 12.4 Å². The van der Waals surface area contributed by atoms with Crippen LogP contribution in [0.5, 0.6) is 0 Å². The molecule has 1 heterocycles. The quantitative estimate of drug-likeness (QED) is 0.173. The van der Waals surface area contributed by atoms with Crippen molar-refractivity contribution in [3.8, 4) is 22.4 Å². The average molecular weight is 649 g/mol. The van der Waals surface area contributed by atoms with Gasteiger partial charge >= 0.3 is 0 Å². The van der Waals surface area contributed by atoms with Crippen LogP contribution in [0.3, 0.4) is 0 Å². The summed E-state index contributed by atoms with van der Waals surface area (Å²) in [7, 11) is -4.06. The minimum Gasteiger partial charge on any atom is -0.233 e. The average Bonchev–Trinajstić information content (AvgIpc) is 3.42. The first-order valence-corrected chi connectivity index (χ1v) is 16.8. The Kier molecular flexibility index (Phi) is 8.56. The van der Waals surface area contributed by atoms with E-state index in [1.165, 1.54) is 3.97 Å². The summed E-state index contributed by atoms with van der Waals surface area (Å²) in [6, 6.07) is 40.2. The van der Waals surface area contributed by atoms with Crippen LogP contribution in [0.1, 0.15) is 33.5 Å². The molecule has 0 saturated carbocycles. The molecule has 0 fully saturated rings. The highest BCUT2D eigenvalue weighted by atomic mass is 35.5. The Labute approximate surface area is 275 Å². The first-order chi connectivity index (χ1) is 21.6.